The maximum atomic E-state index is 13.7. The Balaban J connectivity index is 1.71. The summed E-state index contributed by atoms with van der Waals surface area (Å²) >= 11 is 0. The highest BCUT2D eigenvalue weighted by atomic mass is 16.2. The molecular formula is C28H26N2O2. The van der Waals surface area contributed by atoms with E-state index in [1.165, 1.54) is 5.56 Å². The van der Waals surface area contributed by atoms with Crippen LogP contribution in [0.4, 0.5) is 11.4 Å². The molecule has 2 aliphatic rings. The average molecular weight is 423 g/mol. The number of fused-ring (bicyclic) bond motifs is 1. The number of allylic oxidation sites excluding steroid dienone is 1. The van der Waals surface area contributed by atoms with Crippen LogP contribution in [-0.2, 0) is 9.59 Å². The molecule has 1 N–H and O–H groups in total. The minimum atomic E-state index is -0.455. The summed E-state index contributed by atoms with van der Waals surface area (Å²) < 4.78 is 0. The summed E-state index contributed by atoms with van der Waals surface area (Å²) in [6, 6.07) is 25.7. The maximum Gasteiger partial charge on any atom is 0.224 e. The van der Waals surface area contributed by atoms with Crippen LogP contribution in [0.25, 0.3) is 0 Å². The van der Waals surface area contributed by atoms with Crippen LogP contribution >= 0.6 is 0 Å². The highest BCUT2D eigenvalue weighted by Gasteiger charge is 2.40. The monoisotopic (exact) mass is 422 g/mol. The van der Waals surface area contributed by atoms with Crippen molar-refractivity contribution in [3.63, 3.8) is 0 Å². The molecule has 0 bridgehead atoms. The molecule has 1 amide bonds. The van der Waals surface area contributed by atoms with E-state index in [-0.39, 0.29) is 17.6 Å². The number of ketones is 1. The molecule has 0 aromatic heterocycles. The number of nitrogens with one attached hydrogen (secondary N) is 1. The van der Waals surface area contributed by atoms with E-state index in [0.717, 1.165) is 34.6 Å². The van der Waals surface area contributed by atoms with E-state index in [4.69, 9.17) is 0 Å². The van der Waals surface area contributed by atoms with Crippen LogP contribution in [0.5, 0.6) is 0 Å². The lowest BCUT2D eigenvalue weighted by atomic mass is 9.78. The molecule has 1 aliphatic heterocycles. The van der Waals surface area contributed by atoms with Crippen molar-refractivity contribution in [2.24, 2.45) is 0 Å². The molecule has 3 aromatic rings. The van der Waals surface area contributed by atoms with Gasteiger partial charge in [-0.15, -0.1) is 0 Å². The first-order chi connectivity index (χ1) is 15.5. The molecule has 5 rings (SSSR count). The van der Waals surface area contributed by atoms with Crippen LogP contribution in [0.15, 0.2) is 90.1 Å². The van der Waals surface area contributed by atoms with E-state index < -0.39 is 6.04 Å². The van der Waals surface area contributed by atoms with Gasteiger partial charge in [0.2, 0.25) is 5.91 Å². The zero-order valence-electron chi connectivity index (χ0n) is 18.3. The van der Waals surface area contributed by atoms with Crippen LogP contribution < -0.4 is 10.2 Å². The lowest BCUT2D eigenvalue weighted by molar-refractivity contribution is -0.117. The number of rotatable bonds is 2. The summed E-state index contributed by atoms with van der Waals surface area (Å²) in [7, 11) is 0. The van der Waals surface area contributed by atoms with E-state index in [9.17, 15) is 9.59 Å². The molecule has 4 nitrogen and oxygen atoms in total. The Morgan fingerprint density at radius 2 is 1.56 bits per heavy atom. The van der Waals surface area contributed by atoms with Crippen LogP contribution in [0.2, 0.25) is 0 Å². The van der Waals surface area contributed by atoms with E-state index in [0.29, 0.717) is 12.0 Å². The Kier molecular flexibility index (Phi) is 5.14. The van der Waals surface area contributed by atoms with Crippen molar-refractivity contribution < 1.29 is 9.59 Å². The van der Waals surface area contributed by atoms with Gasteiger partial charge in [-0.3, -0.25) is 14.5 Å². The fourth-order valence-corrected chi connectivity index (χ4v) is 4.96. The fourth-order valence-electron chi connectivity index (χ4n) is 4.96. The SMILES string of the molecule is CC(=O)N1c2ccccc2NC2=C(C(=O)CC(c3ccccc3)C2)C1c1ccc(C)cc1. The third-order valence-corrected chi connectivity index (χ3v) is 6.49. The van der Waals surface area contributed by atoms with Gasteiger partial charge in [0.1, 0.15) is 0 Å². The first-order valence-electron chi connectivity index (χ1n) is 11.1. The number of nitrogens with zero attached hydrogens (tertiary/aromatic N) is 1. The molecule has 0 spiro atoms. The second-order valence-electron chi connectivity index (χ2n) is 8.68. The number of anilines is 2. The highest BCUT2D eigenvalue weighted by molar-refractivity contribution is 6.06. The molecule has 3 aromatic carbocycles. The van der Waals surface area contributed by atoms with Gasteiger partial charge in [0.25, 0.3) is 0 Å². The van der Waals surface area contributed by atoms with Gasteiger partial charge in [0.15, 0.2) is 5.78 Å². The number of para-hydroxylation sites is 2. The van der Waals surface area contributed by atoms with Gasteiger partial charge in [-0.25, -0.2) is 0 Å². The minimum absolute atomic E-state index is 0.0865. The molecule has 2 unspecified atom stereocenters. The van der Waals surface area contributed by atoms with E-state index in [1.54, 1.807) is 11.8 Å². The number of hydrogen-bond donors (Lipinski definition) is 1. The summed E-state index contributed by atoms with van der Waals surface area (Å²) in [6.45, 7) is 3.61. The Labute approximate surface area is 188 Å². The zero-order valence-corrected chi connectivity index (χ0v) is 18.3. The van der Waals surface area contributed by atoms with E-state index in [1.807, 2.05) is 73.7 Å². The quantitative estimate of drug-likeness (QED) is 0.558. The number of amides is 1. The van der Waals surface area contributed by atoms with Gasteiger partial charge in [-0.2, -0.15) is 0 Å². The minimum Gasteiger partial charge on any atom is -0.357 e. The predicted octanol–water partition coefficient (Wildman–Crippen LogP) is 5.92. The molecule has 1 heterocycles. The Morgan fingerprint density at radius 3 is 2.28 bits per heavy atom. The van der Waals surface area contributed by atoms with Crippen molar-refractivity contribution in [3.8, 4) is 0 Å². The lowest BCUT2D eigenvalue weighted by Crippen LogP contribution is -2.37. The van der Waals surface area contributed by atoms with Crippen LogP contribution in [0, 0.1) is 6.92 Å². The number of aryl methyl sites for hydroxylation is 1. The van der Waals surface area contributed by atoms with Crippen LogP contribution in [-0.4, -0.2) is 11.7 Å². The van der Waals surface area contributed by atoms with Gasteiger partial charge in [-0.1, -0.05) is 72.3 Å². The van der Waals surface area contributed by atoms with Crippen molar-refractivity contribution in [3.05, 3.63) is 107 Å². The summed E-state index contributed by atoms with van der Waals surface area (Å²) in [4.78, 5) is 28.5. The molecule has 0 saturated heterocycles. The second kappa shape index (κ2) is 8.12. The Bertz CT molecular complexity index is 1210. The summed E-state index contributed by atoms with van der Waals surface area (Å²) in [6.07, 6.45) is 1.17. The maximum absolute atomic E-state index is 13.7. The van der Waals surface area contributed by atoms with Crippen molar-refractivity contribution in [2.45, 2.75) is 38.6 Å². The van der Waals surface area contributed by atoms with Gasteiger partial charge >= 0.3 is 0 Å². The van der Waals surface area contributed by atoms with Crippen molar-refractivity contribution >= 4 is 23.1 Å². The Hall–Kier alpha value is -3.66. The largest absolute Gasteiger partial charge is 0.357 e. The summed E-state index contributed by atoms with van der Waals surface area (Å²) in [5.74, 6) is 0.124. The average Bonchev–Trinajstić information content (AvgIpc) is 2.95. The number of carbonyl (C=O) groups excluding carboxylic acids is 2. The highest BCUT2D eigenvalue weighted by Crippen LogP contribution is 2.47. The van der Waals surface area contributed by atoms with E-state index >= 15 is 0 Å². The number of Topliss-reactive ketones (excluding diaryl/α,β-unsaturated/α-hetero) is 1. The number of carbonyl (C=O) groups is 2. The normalized spacial score (nSPS) is 20.2. The molecular weight excluding hydrogens is 396 g/mol. The smallest absolute Gasteiger partial charge is 0.224 e. The second-order valence-corrected chi connectivity index (χ2v) is 8.68. The first kappa shape index (κ1) is 20.3. The first-order valence-corrected chi connectivity index (χ1v) is 11.1. The van der Waals surface area contributed by atoms with Crippen LogP contribution in [0.1, 0.15) is 48.4 Å². The summed E-state index contributed by atoms with van der Waals surface area (Å²) in [5.41, 5.74) is 6.52. The van der Waals surface area contributed by atoms with Gasteiger partial charge in [-0.05, 0) is 42.5 Å². The summed E-state index contributed by atoms with van der Waals surface area (Å²) in [5, 5.41) is 3.55. The van der Waals surface area contributed by atoms with Gasteiger partial charge in [0, 0.05) is 24.6 Å². The third kappa shape index (κ3) is 3.52. The zero-order chi connectivity index (χ0) is 22.2. The van der Waals surface area contributed by atoms with Crippen LogP contribution in [0.3, 0.4) is 0 Å². The fraction of sp³-hybridized carbons (Fsp3) is 0.214. The molecule has 0 radical (unpaired) electrons. The molecule has 160 valence electrons. The predicted molar refractivity (Wildman–Crippen MR) is 128 cm³/mol. The van der Waals surface area contributed by atoms with Crippen molar-refractivity contribution in [1.29, 1.82) is 0 Å². The third-order valence-electron chi connectivity index (χ3n) is 6.49. The molecule has 32 heavy (non-hydrogen) atoms. The van der Waals surface area contributed by atoms with Crippen molar-refractivity contribution in [2.75, 3.05) is 10.2 Å². The van der Waals surface area contributed by atoms with Gasteiger partial charge in [0.05, 0.1) is 17.4 Å². The standard InChI is InChI=1S/C28H26N2O2/c1-18-12-14-21(15-13-18)28-27-24(16-22(17-26(27)32)20-8-4-3-5-9-20)29-23-10-6-7-11-25(23)30(28)19(2)31/h3-15,22,28-29H,16-17H2,1-2H3. The lowest BCUT2D eigenvalue weighted by Gasteiger charge is -2.34. The molecule has 4 heteroatoms. The molecule has 0 fully saturated rings. The topological polar surface area (TPSA) is 49.4 Å². The molecule has 0 saturated carbocycles. The molecule has 2 atom stereocenters. The van der Waals surface area contributed by atoms with Crippen molar-refractivity contribution in [1.82, 2.24) is 0 Å². The Morgan fingerprint density at radius 1 is 0.875 bits per heavy atom. The number of hydrogen-bond acceptors (Lipinski definition) is 3. The molecule has 1 aliphatic carbocycles. The number of benzene rings is 3. The van der Waals surface area contributed by atoms with E-state index in [2.05, 4.69) is 17.4 Å². The van der Waals surface area contributed by atoms with Gasteiger partial charge < -0.3 is 5.32 Å².